The molecule has 1 unspecified atom stereocenters. The van der Waals surface area contributed by atoms with Crippen molar-refractivity contribution in [2.45, 2.75) is 78.4 Å². The summed E-state index contributed by atoms with van der Waals surface area (Å²) in [6.07, 6.45) is 4.94. The van der Waals surface area contributed by atoms with Crippen LogP contribution < -0.4 is 5.32 Å². The Kier molecular flexibility index (Phi) is 6.78. The van der Waals surface area contributed by atoms with Crippen LogP contribution in [0.3, 0.4) is 0 Å². The number of amides is 1. The fourth-order valence-corrected chi connectivity index (χ4v) is 3.28. The van der Waals surface area contributed by atoms with Crippen LogP contribution in [-0.4, -0.2) is 28.4 Å². The molecule has 3 rings (SSSR count). The molecule has 1 saturated carbocycles. The van der Waals surface area contributed by atoms with E-state index in [4.69, 9.17) is 4.42 Å². The average Bonchev–Trinajstić information content (AvgIpc) is 3.41. The monoisotopic (exact) mass is 397 g/mol. The molecule has 5 heteroatoms. The molecule has 0 saturated heterocycles. The Balaban J connectivity index is 1.64. The van der Waals surface area contributed by atoms with E-state index in [9.17, 15) is 4.79 Å². The van der Waals surface area contributed by atoms with Crippen molar-refractivity contribution in [1.82, 2.24) is 15.2 Å². The standard InChI is InChI=1S/C24H35N3O2/c1-6-17(2)27(14-19-9-11-20(12-10-19)24(3,4)5)15-22-26-21(16-29-22)23(28)25-13-18-7-8-18/h9-12,16-18H,6-8,13-15H2,1-5H3,(H,25,28). The number of aromatic nitrogens is 1. The highest BCUT2D eigenvalue weighted by molar-refractivity contribution is 5.91. The summed E-state index contributed by atoms with van der Waals surface area (Å²) in [5, 5.41) is 2.94. The summed E-state index contributed by atoms with van der Waals surface area (Å²) < 4.78 is 5.62. The lowest BCUT2D eigenvalue weighted by molar-refractivity contribution is 0.0946. The maximum absolute atomic E-state index is 12.2. The van der Waals surface area contributed by atoms with Gasteiger partial charge in [0.05, 0.1) is 6.54 Å². The number of oxazole rings is 1. The van der Waals surface area contributed by atoms with Gasteiger partial charge in [-0.3, -0.25) is 9.69 Å². The van der Waals surface area contributed by atoms with E-state index >= 15 is 0 Å². The summed E-state index contributed by atoms with van der Waals surface area (Å²) in [5.74, 6) is 1.10. The molecule has 0 aliphatic heterocycles. The maximum Gasteiger partial charge on any atom is 0.273 e. The Morgan fingerprint density at radius 1 is 1.24 bits per heavy atom. The van der Waals surface area contributed by atoms with Crippen LogP contribution in [0, 0.1) is 5.92 Å². The van der Waals surface area contributed by atoms with Gasteiger partial charge in [-0.05, 0) is 48.6 Å². The fourth-order valence-electron chi connectivity index (χ4n) is 3.28. The minimum absolute atomic E-state index is 0.139. The Labute approximate surface area is 174 Å². The van der Waals surface area contributed by atoms with Gasteiger partial charge >= 0.3 is 0 Å². The van der Waals surface area contributed by atoms with Gasteiger partial charge < -0.3 is 9.73 Å². The SMILES string of the molecule is CCC(C)N(Cc1ccc(C(C)(C)C)cc1)Cc1nc(C(=O)NCC2CC2)co1. The lowest BCUT2D eigenvalue weighted by Crippen LogP contribution is -2.32. The van der Waals surface area contributed by atoms with E-state index in [2.05, 4.69) is 74.1 Å². The third-order valence-electron chi connectivity index (χ3n) is 5.79. The van der Waals surface area contributed by atoms with E-state index in [0.717, 1.165) is 19.5 Å². The summed E-state index contributed by atoms with van der Waals surface area (Å²) in [5.41, 5.74) is 3.14. The second kappa shape index (κ2) is 9.12. The zero-order valence-corrected chi connectivity index (χ0v) is 18.5. The summed E-state index contributed by atoms with van der Waals surface area (Å²) in [6.45, 7) is 13.3. The number of nitrogens with zero attached hydrogens (tertiary/aromatic N) is 2. The lowest BCUT2D eigenvalue weighted by atomic mass is 9.87. The van der Waals surface area contributed by atoms with Crippen LogP contribution in [0.1, 0.15) is 81.4 Å². The van der Waals surface area contributed by atoms with E-state index in [1.165, 1.54) is 30.2 Å². The van der Waals surface area contributed by atoms with Gasteiger partial charge in [0.2, 0.25) is 5.89 Å². The van der Waals surface area contributed by atoms with E-state index in [-0.39, 0.29) is 11.3 Å². The third-order valence-corrected chi connectivity index (χ3v) is 5.79. The largest absolute Gasteiger partial charge is 0.447 e. The van der Waals surface area contributed by atoms with Crippen LogP contribution in [-0.2, 0) is 18.5 Å². The van der Waals surface area contributed by atoms with Gasteiger partial charge in [-0.2, -0.15) is 0 Å². The summed E-state index contributed by atoms with van der Waals surface area (Å²) in [6, 6.07) is 9.25. The molecule has 1 amide bonds. The number of carbonyl (C=O) groups is 1. The minimum Gasteiger partial charge on any atom is -0.447 e. The smallest absolute Gasteiger partial charge is 0.273 e. The molecule has 1 fully saturated rings. The average molecular weight is 398 g/mol. The number of rotatable bonds is 9. The van der Waals surface area contributed by atoms with Gasteiger partial charge in [0.25, 0.3) is 5.91 Å². The molecule has 1 aromatic carbocycles. The van der Waals surface area contributed by atoms with Crippen molar-refractivity contribution in [2.24, 2.45) is 5.92 Å². The van der Waals surface area contributed by atoms with E-state index in [1.807, 2.05) is 0 Å². The molecule has 0 spiro atoms. The van der Waals surface area contributed by atoms with Crippen LogP contribution in [0.2, 0.25) is 0 Å². The fraction of sp³-hybridized carbons (Fsp3) is 0.583. The summed E-state index contributed by atoms with van der Waals surface area (Å²) in [7, 11) is 0. The van der Waals surface area contributed by atoms with Crippen LogP contribution in [0.4, 0.5) is 0 Å². The van der Waals surface area contributed by atoms with Crippen LogP contribution in [0.5, 0.6) is 0 Å². The van der Waals surface area contributed by atoms with Crippen LogP contribution in [0.15, 0.2) is 34.9 Å². The zero-order chi connectivity index (χ0) is 21.0. The molecule has 5 nitrogen and oxygen atoms in total. The topological polar surface area (TPSA) is 58.4 Å². The number of hydrogen-bond donors (Lipinski definition) is 1. The molecular formula is C24H35N3O2. The molecule has 158 valence electrons. The van der Waals surface area contributed by atoms with Crippen LogP contribution in [0.25, 0.3) is 0 Å². The van der Waals surface area contributed by atoms with Crippen molar-refractivity contribution in [3.05, 3.63) is 53.2 Å². The predicted molar refractivity (Wildman–Crippen MR) is 116 cm³/mol. The first kappa shape index (κ1) is 21.6. The molecule has 1 aliphatic carbocycles. The Morgan fingerprint density at radius 2 is 1.93 bits per heavy atom. The van der Waals surface area contributed by atoms with Crippen molar-refractivity contribution < 1.29 is 9.21 Å². The van der Waals surface area contributed by atoms with Gasteiger partial charge in [0.1, 0.15) is 6.26 Å². The van der Waals surface area contributed by atoms with E-state index in [1.54, 1.807) is 0 Å². The highest BCUT2D eigenvalue weighted by Gasteiger charge is 2.23. The number of benzene rings is 1. The van der Waals surface area contributed by atoms with Crippen LogP contribution >= 0.6 is 0 Å². The van der Waals surface area contributed by atoms with Gasteiger partial charge in [-0.15, -0.1) is 0 Å². The van der Waals surface area contributed by atoms with E-state index in [0.29, 0.717) is 30.1 Å². The number of carbonyl (C=O) groups excluding carboxylic acids is 1. The highest BCUT2D eigenvalue weighted by atomic mass is 16.3. The Hall–Kier alpha value is -2.14. The Bertz CT molecular complexity index is 800. The zero-order valence-electron chi connectivity index (χ0n) is 18.5. The normalized spacial score (nSPS) is 15.5. The van der Waals surface area contributed by atoms with Gasteiger partial charge in [-0.1, -0.05) is 52.0 Å². The molecule has 29 heavy (non-hydrogen) atoms. The van der Waals surface area contributed by atoms with Crippen molar-refractivity contribution in [3.63, 3.8) is 0 Å². The first-order valence-corrected chi connectivity index (χ1v) is 10.8. The molecule has 0 radical (unpaired) electrons. The summed E-state index contributed by atoms with van der Waals surface area (Å²) in [4.78, 5) is 19.0. The molecule has 1 aliphatic rings. The first-order valence-electron chi connectivity index (χ1n) is 10.8. The molecular weight excluding hydrogens is 362 g/mol. The first-order chi connectivity index (χ1) is 13.8. The third kappa shape index (κ3) is 6.17. The second-order valence-corrected chi connectivity index (χ2v) is 9.39. The molecule has 1 N–H and O–H groups in total. The van der Waals surface area contributed by atoms with Crippen molar-refractivity contribution in [2.75, 3.05) is 6.54 Å². The molecule has 1 atom stereocenters. The lowest BCUT2D eigenvalue weighted by Gasteiger charge is -2.27. The van der Waals surface area contributed by atoms with Crippen molar-refractivity contribution >= 4 is 5.91 Å². The summed E-state index contributed by atoms with van der Waals surface area (Å²) >= 11 is 0. The van der Waals surface area contributed by atoms with Crippen molar-refractivity contribution in [3.8, 4) is 0 Å². The van der Waals surface area contributed by atoms with Gasteiger partial charge in [-0.25, -0.2) is 4.98 Å². The molecule has 2 aromatic rings. The maximum atomic E-state index is 12.2. The second-order valence-electron chi connectivity index (χ2n) is 9.39. The van der Waals surface area contributed by atoms with E-state index < -0.39 is 0 Å². The van der Waals surface area contributed by atoms with Gasteiger partial charge in [0.15, 0.2) is 5.69 Å². The molecule has 0 bridgehead atoms. The van der Waals surface area contributed by atoms with Gasteiger partial charge in [0, 0.05) is 19.1 Å². The quantitative estimate of drug-likeness (QED) is 0.653. The highest BCUT2D eigenvalue weighted by Crippen LogP contribution is 2.27. The minimum atomic E-state index is -0.139. The molecule has 1 aromatic heterocycles. The Morgan fingerprint density at radius 3 is 2.52 bits per heavy atom. The predicted octanol–water partition coefficient (Wildman–Crippen LogP) is 4.91. The molecule has 1 heterocycles. The number of nitrogens with one attached hydrogen (secondary N) is 1. The number of hydrogen-bond acceptors (Lipinski definition) is 4. The van der Waals surface area contributed by atoms with Crippen molar-refractivity contribution in [1.29, 1.82) is 0 Å².